The lowest BCUT2D eigenvalue weighted by Crippen LogP contribution is -2.43. The molecule has 0 amide bonds. The molecule has 0 aromatic rings. The van der Waals surface area contributed by atoms with E-state index in [4.69, 9.17) is 10.9 Å². The molecule has 0 spiro atoms. The van der Waals surface area contributed by atoms with Gasteiger partial charge in [-0.05, 0) is 18.3 Å². The Hall–Kier alpha value is -0.610. The number of fused-ring (bicyclic) bond motifs is 1. The average molecular weight is 142 g/mol. The minimum Gasteiger partial charge on any atom is -0.480 e. The summed E-state index contributed by atoms with van der Waals surface area (Å²) in [5, 5.41) is 10.1. The zero-order chi connectivity index (χ0) is 7.30. The van der Waals surface area contributed by atoms with Crippen LogP contribution in [0.4, 0.5) is 0 Å². The van der Waals surface area contributed by atoms with E-state index >= 15 is 0 Å². The molecule has 2 fully saturated rings. The molecule has 1 aliphatic heterocycles. The van der Waals surface area contributed by atoms with Crippen molar-refractivity contribution < 1.29 is 9.90 Å². The number of piperidine rings is 1. The Morgan fingerprint density at radius 1 is 1.70 bits per heavy atom. The van der Waals surface area contributed by atoms with Crippen LogP contribution in [0.2, 0.25) is 0 Å². The van der Waals surface area contributed by atoms with Gasteiger partial charge in [0.25, 0.3) is 0 Å². The van der Waals surface area contributed by atoms with Gasteiger partial charge in [0.15, 0.2) is 0 Å². The minimum absolute atomic E-state index is 0.350. The van der Waals surface area contributed by atoms with Crippen LogP contribution in [0.15, 0.2) is 0 Å². The predicted molar refractivity (Wildman–Crippen MR) is 33.9 cm³/mol. The largest absolute Gasteiger partial charge is 0.480 e. The van der Waals surface area contributed by atoms with Gasteiger partial charge in [0.1, 0.15) is 6.04 Å². The van der Waals surface area contributed by atoms with Crippen LogP contribution in [0.1, 0.15) is 6.42 Å². The van der Waals surface area contributed by atoms with Crippen molar-refractivity contribution in [1.29, 1.82) is 0 Å². The normalized spacial score (nSPS) is 45.1. The fraction of sp³-hybridized carbons (Fsp3) is 0.833. The van der Waals surface area contributed by atoms with E-state index in [0.717, 1.165) is 13.0 Å². The molecule has 1 saturated carbocycles. The van der Waals surface area contributed by atoms with Crippen LogP contribution < -0.4 is 5.84 Å². The van der Waals surface area contributed by atoms with Crippen molar-refractivity contribution in [2.24, 2.45) is 17.7 Å². The molecule has 4 nitrogen and oxygen atoms in total. The summed E-state index contributed by atoms with van der Waals surface area (Å²) in [7, 11) is 0. The van der Waals surface area contributed by atoms with Crippen molar-refractivity contribution in [2.45, 2.75) is 12.5 Å². The maximum absolute atomic E-state index is 10.5. The summed E-state index contributed by atoms with van der Waals surface area (Å²) in [5.74, 6) is 5.61. The Kier molecular flexibility index (Phi) is 1.04. The Morgan fingerprint density at radius 3 is 2.70 bits per heavy atom. The third-order valence-electron chi connectivity index (χ3n) is 2.44. The third-order valence-corrected chi connectivity index (χ3v) is 2.44. The van der Waals surface area contributed by atoms with Gasteiger partial charge in [-0.25, -0.2) is 5.01 Å². The minimum atomic E-state index is -0.771. The van der Waals surface area contributed by atoms with Crippen LogP contribution in [0, 0.1) is 11.8 Å². The van der Waals surface area contributed by atoms with Gasteiger partial charge in [-0.1, -0.05) is 0 Å². The fourth-order valence-corrected chi connectivity index (χ4v) is 1.82. The number of nitrogens with zero attached hydrogens (tertiary/aromatic N) is 1. The van der Waals surface area contributed by atoms with Crippen molar-refractivity contribution in [1.82, 2.24) is 5.01 Å². The molecule has 56 valence electrons. The molecule has 3 atom stereocenters. The lowest BCUT2D eigenvalue weighted by atomic mass is 10.2. The lowest BCUT2D eigenvalue weighted by molar-refractivity contribution is -0.143. The molecule has 1 heterocycles. The van der Waals surface area contributed by atoms with Crippen LogP contribution >= 0.6 is 0 Å². The highest BCUT2D eigenvalue weighted by Crippen LogP contribution is 2.48. The highest BCUT2D eigenvalue weighted by Gasteiger charge is 2.54. The standard InChI is InChI=1S/C6H10N2O2/c7-8-2-3-1-4(3)5(8)6(9)10/h3-5H,1-2,7H2,(H,9,10). The van der Waals surface area contributed by atoms with Crippen LogP contribution in [-0.4, -0.2) is 28.7 Å². The van der Waals surface area contributed by atoms with E-state index in [1.165, 1.54) is 5.01 Å². The first-order chi connectivity index (χ1) is 4.70. The Balaban J connectivity index is 2.12. The number of nitrogens with two attached hydrogens (primary N) is 1. The van der Waals surface area contributed by atoms with E-state index in [0.29, 0.717) is 11.8 Å². The Bertz CT molecular complexity index is 181. The van der Waals surface area contributed by atoms with Gasteiger partial charge in [0.05, 0.1) is 0 Å². The molecule has 2 rings (SSSR count). The number of carboxylic acids is 1. The monoisotopic (exact) mass is 142 g/mol. The first-order valence-corrected chi connectivity index (χ1v) is 3.44. The zero-order valence-electron chi connectivity index (χ0n) is 5.53. The Morgan fingerprint density at radius 2 is 2.40 bits per heavy atom. The average Bonchev–Trinajstić information content (AvgIpc) is 2.42. The Labute approximate surface area is 58.6 Å². The summed E-state index contributed by atoms with van der Waals surface area (Å²) in [6.07, 6.45) is 1.06. The van der Waals surface area contributed by atoms with Crippen LogP contribution in [0.5, 0.6) is 0 Å². The van der Waals surface area contributed by atoms with E-state index in [1.807, 2.05) is 0 Å². The van der Waals surface area contributed by atoms with E-state index < -0.39 is 12.0 Å². The second-order valence-corrected chi connectivity index (χ2v) is 3.14. The number of hydrogen-bond donors (Lipinski definition) is 2. The van der Waals surface area contributed by atoms with Crippen molar-refractivity contribution >= 4 is 5.97 Å². The molecule has 4 heteroatoms. The van der Waals surface area contributed by atoms with Crippen LogP contribution in [-0.2, 0) is 4.79 Å². The van der Waals surface area contributed by atoms with Gasteiger partial charge in [0, 0.05) is 6.54 Å². The summed E-state index contributed by atoms with van der Waals surface area (Å²) in [4.78, 5) is 10.5. The van der Waals surface area contributed by atoms with E-state index in [-0.39, 0.29) is 0 Å². The molecular weight excluding hydrogens is 132 g/mol. The van der Waals surface area contributed by atoms with Gasteiger partial charge in [-0.3, -0.25) is 10.6 Å². The maximum atomic E-state index is 10.5. The number of hydrazine groups is 1. The second-order valence-electron chi connectivity index (χ2n) is 3.14. The number of rotatable bonds is 1. The SMILES string of the molecule is NN1CC2CC2C1C(=O)O. The highest BCUT2D eigenvalue weighted by atomic mass is 16.4. The summed E-state index contributed by atoms with van der Waals surface area (Å²) in [6, 6.07) is -0.398. The molecule has 0 bridgehead atoms. The van der Waals surface area contributed by atoms with Crippen molar-refractivity contribution in [2.75, 3.05) is 6.54 Å². The molecule has 0 aromatic carbocycles. The second kappa shape index (κ2) is 1.71. The van der Waals surface area contributed by atoms with Gasteiger partial charge in [-0.2, -0.15) is 0 Å². The van der Waals surface area contributed by atoms with E-state index in [9.17, 15) is 4.79 Å². The number of carbonyl (C=O) groups is 1. The molecule has 0 radical (unpaired) electrons. The lowest BCUT2D eigenvalue weighted by Gasteiger charge is -2.17. The van der Waals surface area contributed by atoms with Crippen molar-refractivity contribution in [3.05, 3.63) is 0 Å². The van der Waals surface area contributed by atoms with Crippen molar-refractivity contribution in [3.8, 4) is 0 Å². The predicted octanol–water partition coefficient (Wildman–Crippen LogP) is -0.735. The van der Waals surface area contributed by atoms with E-state index in [2.05, 4.69) is 0 Å². The zero-order valence-corrected chi connectivity index (χ0v) is 5.53. The third kappa shape index (κ3) is 0.660. The smallest absolute Gasteiger partial charge is 0.322 e. The van der Waals surface area contributed by atoms with Gasteiger partial charge in [-0.15, -0.1) is 0 Å². The molecule has 2 aliphatic rings. The van der Waals surface area contributed by atoms with Gasteiger partial charge < -0.3 is 5.11 Å². The molecule has 10 heavy (non-hydrogen) atoms. The quantitative estimate of drug-likeness (QED) is 0.473. The van der Waals surface area contributed by atoms with Crippen LogP contribution in [0.3, 0.4) is 0 Å². The molecule has 1 saturated heterocycles. The summed E-state index contributed by atoms with van der Waals surface area (Å²) in [6.45, 7) is 0.766. The van der Waals surface area contributed by atoms with Gasteiger partial charge in [0.2, 0.25) is 0 Å². The van der Waals surface area contributed by atoms with Crippen LogP contribution in [0.25, 0.3) is 0 Å². The summed E-state index contributed by atoms with van der Waals surface area (Å²) >= 11 is 0. The molecule has 0 aromatic heterocycles. The fourth-order valence-electron chi connectivity index (χ4n) is 1.82. The highest BCUT2D eigenvalue weighted by molar-refractivity contribution is 5.75. The summed E-state index contributed by atoms with van der Waals surface area (Å²) < 4.78 is 0. The number of hydrogen-bond acceptors (Lipinski definition) is 3. The van der Waals surface area contributed by atoms with Crippen molar-refractivity contribution in [3.63, 3.8) is 0 Å². The molecule has 3 unspecified atom stereocenters. The van der Waals surface area contributed by atoms with Gasteiger partial charge >= 0.3 is 5.97 Å². The first kappa shape index (κ1) is 6.12. The van der Waals surface area contributed by atoms with E-state index in [1.54, 1.807) is 0 Å². The molecule has 3 N–H and O–H groups in total. The summed E-state index contributed by atoms with van der Waals surface area (Å²) in [5.41, 5.74) is 0. The molecular formula is C6H10N2O2. The number of aliphatic carboxylic acids is 1. The first-order valence-electron chi connectivity index (χ1n) is 3.44. The topological polar surface area (TPSA) is 66.6 Å². The molecule has 1 aliphatic carbocycles. The maximum Gasteiger partial charge on any atom is 0.322 e. The number of carboxylic acid groups (broad SMARTS) is 1.